The summed E-state index contributed by atoms with van der Waals surface area (Å²) >= 11 is 5.74. The van der Waals surface area contributed by atoms with Crippen molar-refractivity contribution in [1.82, 2.24) is 9.97 Å². The molecule has 2 rings (SSSR count). The topological polar surface area (TPSA) is 72.0 Å². The van der Waals surface area contributed by atoms with Crippen molar-refractivity contribution in [3.8, 4) is 0 Å². The molecule has 0 fully saturated rings. The summed E-state index contributed by atoms with van der Waals surface area (Å²) in [5.74, 6) is 0.382. The van der Waals surface area contributed by atoms with Gasteiger partial charge in [-0.25, -0.2) is 18.4 Å². The average molecular weight is 284 g/mol. The van der Waals surface area contributed by atoms with Crippen LogP contribution in [0, 0.1) is 0 Å². The molecule has 5 nitrogen and oxygen atoms in total. The van der Waals surface area contributed by atoms with Crippen molar-refractivity contribution in [2.24, 2.45) is 0 Å². The predicted molar refractivity (Wildman–Crippen MR) is 70.8 cm³/mol. The lowest BCUT2D eigenvalue weighted by Crippen LogP contribution is -1.97. The summed E-state index contributed by atoms with van der Waals surface area (Å²) in [6.07, 6.45) is 1.54. The zero-order chi connectivity index (χ0) is 13.0. The third-order valence-electron chi connectivity index (χ3n) is 2.12. The van der Waals surface area contributed by atoms with Gasteiger partial charge in [-0.1, -0.05) is 23.7 Å². The summed E-state index contributed by atoms with van der Waals surface area (Å²) < 4.78 is 21.3. The Morgan fingerprint density at radius 2 is 2.11 bits per heavy atom. The Labute approximate surface area is 111 Å². The van der Waals surface area contributed by atoms with Gasteiger partial charge in [0, 0.05) is 11.9 Å². The van der Waals surface area contributed by atoms with Crippen LogP contribution in [-0.2, 0) is 16.5 Å². The van der Waals surface area contributed by atoms with Gasteiger partial charge in [0.05, 0.1) is 5.75 Å². The number of hydrogen-bond acceptors (Lipinski definition) is 5. The average Bonchev–Trinajstić information content (AvgIpc) is 2.28. The van der Waals surface area contributed by atoms with Crippen LogP contribution in [0.2, 0.25) is 5.15 Å². The molecule has 1 N–H and O–H groups in total. The molecule has 7 heteroatoms. The Hall–Kier alpha value is -1.66. The van der Waals surface area contributed by atoms with Crippen LogP contribution in [0.4, 0.5) is 11.6 Å². The highest BCUT2D eigenvalue weighted by Gasteiger charge is 2.00. The Morgan fingerprint density at radius 1 is 1.28 bits per heavy atom. The monoisotopic (exact) mass is 283 g/mol. The second kappa shape index (κ2) is 5.79. The van der Waals surface area contributed by atoms with E-state index in [2.05, 4.69) is 15.3 Å². The van der Waals surface area contributed by atoms with Crippen LogP contribution in [0.15, 0.2) is 36.5 Å². The van der Waals surface area contributed by atoms with Crippen LogP contribution in [0.3, 0.4) is 0 Å². The number of aromatic nitrogens is 2. The molecule has 0 bridgehead atoms. The summed E-state index contributed by atoms with van der Waals surface area (Å²) in [6, 6.07) is 8.61. The van der Waals surface area contributed by atoms with E-state index < -0.39 is 10.7 Å². The molecular formula is C11H10ClN3O2S. The van der Waals surface area contributed by atoms with E-state index in [1.54, 1.807) is 30.3 Å². The maximum atomic E-state index is 10.7. The fraction of sp³-hybridized carbons (Fsp3) is 0.0909. The second-order valence-corrected chi connectivity index (χ2v) is 4.89. The van der Waals surface area contributed by atoms with Crippen molar-refractivity contribution < 1.29 is 8.42 Å². The molecule has 0 saturated heterocycles. The number of halogens is 1. The van der Waals surface area contributed by atoms with Gasteiger partial charge < -0.3 is 5.32 Å². The summed E-state index contributed by atoms with van der Waals surface area (Å²) in [5.41, 5.74) is 1.42. The molecule has 18 heavy (non-hydrogen) atoms. The molecule has 0 spiro atoms. The van der Waals surface area contributed by atoms with Crippen molar-refractivity contribution in [2.45, 2.75) is 5.75 Å². The molecule has 0 saturated carbocycles. The molecule has 1 heterocycles. The van der Waals surface area contributed by atoms with Gasteiger partial charge in [0.1, 0.15) is 15.9 Å². The number of anilines is 2. The fourth-order valence-electron chi connectivity index (χ4n) is 1.42. The lowest BCUT2D eigenvalue weighted by atomic mass is 10.2. The fourth-order valence-corrected chi connectivity index (χ4v) is 2.05. The van der Waals surface area contributed by atoms with E-state index in [4.69, 9.17) is 11.6 Å². The van der Waals surface area contributed by atoms with Crippen molar-refractivity contribution in [2.75, 3.05) is 5.32 Å². The molecule has 2 aromatic rings. The van der Waals surface area contributed by atoms with Crippen molar-refractivity contribution in [3.05, 3.63) is 47.2 Å². The van der Waals surface area contributed by atoms with Crippen LogP contribution < -0.4 is 5.32 Å². The predicted octanol–water partition coefficient (Wildman–Crippen LogP) is 1.98. The highest BCUT2D eigenvalue weighted by Crippen LogP contribution is 2.16. The van der Waals surface area contributed by atoms with Gasteiger partial charge >= 0.3 is 0 Å². The van der Waals surface area contributed by atoms with Crippen LogP contribution in [0.5, 0.6) is 0 Å². The molecule has 0 aliphatic heterocycles. The van der Waals surface area contributed by atoms with E-state index in [0.29, 0.717) is 22.4 Å². The Bertz CT molecular complexity index is 623. The van der Waals surface area contributed by atoms with Gasteiger partial charge in [0.2, 0.25) is 5.95 Å². The van der Waals surface area contributed by atoms with E-state index in [1.165, 1.54) is 6.20 Å². The van der Waals surface area contributed by atoms with E-state index in [0.717, 1.165) is 0 Å². The van der Waals surface area contributed by atoms with Crippen molar-refractivity contribution in [1.29, 1.82) is 0 Å². The number of benzene rings is 1. The summed E-state index contributed by atoms with van der Waals surface area (Å²) in [4.78, 5) is 7.98. The molecule has 0 radical (unpaired) electrons. The molecule has 1 aromatic carbocycles. The molecule has 1 aromatic heterocycles. The Kier molecular flexibility index (Phi) is 4.11. The number of thiol groups is 1. The minimum Gasteiger partial charge on any atom is -0.324 e. The van der Waals surface area contributed by atoms with Crippen molar-refractivity contribution in [3.63, 3.8) is 0 Å². The molecular weight excluding hydrogens is 274 g/mol. The minimum absolute atomic E-state index is 0.0151. The highest BCUT2D eigenvalue weighted by atomic mass is 35.5. The second-order valence-electron chi connectivity index (χ2n) is 3.52. The zero-order valence-corrected chi connectivity index (χ0v) is 10.9. The summed E-state index contributed by atoms with van der Waals surface area (Å²) in [6.45, 7) is 0. The zero-order valence-electron chi connectivity index (χ0n) is 9.21. The largest absolute Gasteiger partial charge is 0.324 e. The van der Waals surface area contributed by atoms with E-state index in [-0.39, 0.29) is 5.75 Å². The third kappa shape index (κ3) is 3.68. The quantitative estimate of drug-likeness (QED) is 0.663. The molecule has 0 aliphatic rings. The number of nitrogens with zero attached hydrogens (tertiary/aromatic N) is 2. The SMILES string of the molecule is O=[SH](=O)Cc1cccc(Nc2nccc(Cl)n2)c1. The van der Waals surface area contributed by atoms with Crippen LogP contribution >= 0.6 is 11.6 Å². The van der Waals surface area contributed by atoms with Gasteiger partial charge in [-0.05, 0) is 23.8 Å². The van der Waals surface area contributed by atoms with Gasteiger partial charge in [0.15, 0.2) is 0 Å². The molecule has 0 amide bonds. The van der Waals surface area contributed by atoms with Gasteiger partial charge in [-0.2, -0.15) is 0 Å². The van der Waals surface area contributed by atoms with E-state index in [9.17, 15) is 8.42 Å². The third-order valence-corrected chi connectivity index (χ3v) is 2.95. The number of nitrogens with one attached hydrogen (secondary N) is 1. The standard InChI is InChI=1S/C11H10ClN3O2S/c12-10-4-5-13-11(15-10)14-9-3-1-2-8(6-9)7-18(16)17/h1-6,18H,7H2,(H,13,14,15). The Balaban J connectivity index is 2.19. The van der Waals surface area contributed by atoms with Gasteiger partial charge in [0.25, 0.3) is 0 Å². The minimum atomic E-state index is -2.43. The van der Waals surface area contributed by atoms with E-state index in [1.807, 2.05) is 0 Å². The lowest BCUT2D eigenvalue weighted by molar-refractivity contribution is 0.614. The van der Waals surface area contributed by atoms with Crippen LogP contribution in [0.1, 0.15) is 5.56 Å². The highest BCUT2D eigenvalue weighted by molar-refractivity contribution is 7.71. The lowest BCUT2D eigenvalue weighted by Gasteiger charge is -2.05. The molecule has 0 aliphatic carbocycles. The first-order chi connectivity index (χ1) is 8.63. The first kappa shape index (κ1) is 12.8. The normalized spacial score (nSPS) is 10.6. The number of hydrogen-bond donors (Lipinski definition) is 2. The van der Waals surface area contributed by atoms with Crippen molar-refractivity contribution >= 4 is 33.9 Å². The summed E-state index contributed by atoms with van der Waals surface area (Å²) in [5, 5.41) is 3.29. The maximum absolute atomic E-state index is 10.7. The summed E-state index contributed by atoms with van der Waals surface area (Å²) in [7, 11) is -2.43. The first-order valence-electron chi connectivity index (χ1n) is 5.10. The van der Waals surface area contributed by atoms with Gasteiger partial charge in [-0.3, -0.25) is 0 Å². The van der Waals surface area contributed by atoms with Crippen LogP contribution in [-0.4, -0.2) is 18.4 Å². The Morgan fingerprint density at radius 3 is 2.83 bits per heavy atom. The van der Waals surface area contributed by atoms with Gasteiger partial charge in [-0.15, -0.1) is 0 Å². The number of rotatable bonds is 4. The smallest absolute Gasteiger partial charge is 0.228 e. The molecule has 94 valence electrons. The maximum Gasteiger partial charge on any atom is 0.228 e. The molecule has 0 unspecified atom stereocenters. The first-order valence-corrected chi connectivity index (χ1v) is 6.84. The van der Waals surface area contributed by atoms with E-state index >= 15 is 0 Å². The molecule has 0 atom stereocenters. The van der Waals surface area contributed by atoms with Crippen LogP contribution in [0.25, 0.3) is 0 Å².